The highest BCUT2D eigenvalue weighted by Crippen LogP contribution is 2.45. The summed E-state index contributed by atoms with van der Waals surface area (Å²) in [7, 11) is 0. The molecule has 3 rings (SSSR count). The van der Waals surface area contributed by atoms with Crippen LogP contribution in [0.25, 0.3) is 0 Å². The van der Waals surface area contributed by atoms with E-state index in [0.29, 0.717) is 0 Å². The summed E-state index contributed by atoms with van der Waals surface area (Å²) < 4.78 is 4.78. The fourth-order valence-corrected chi connectivity index (χ4v) is 3.25. The van der Waals surface area contributed by atoms with Gasteiger partial charge in [-0.05, 0) is 24.7 Å². The predicted molar refractivity (Wildman–Crippen MR) is 52.7 cm³/mol. The fraction of sp³-hybridized carbons (Fsp3) is 0.667. The molecule has 3 aliphatic rings. The average molecular weight is 206 g/mol. The molecular formula is C12H14O3. The molecule has 0 amide bonds. The van der Waals surface area contributed by atoms with Gasteiger partial charge in [0.2, 0.25) is 0 Å². The maximum atomic E-state index is 11.6. The number of rotatable bonds is 0. The monoisotopic (exact) mass is 206 g/mol. The molecule has 1 aliphatic heterocycles. The Hall–Kier alpha value is -1.12. The highest BCUT2D eigenvalue weighted by atomic mass is 16.6. The fourth-order valence-electron chi connectivity index (χ4n) is 3.25. The Morgan fingerprint density at radius 1 is 0.933 bits per heavy atom. The van der Waals surface area contributed by atoms with Gasteiger partial charge in [0.05, 0.1) is 11.8 Å². The van der Waals surface area contributed by atoms with E-state index in [0.717, 1.165) is 25.7 Å². The van der Waals surface area contributed by atoms with Gasteiger partial charge in [-0.1, -0.05) is 25.0 Å². The van der Waals surface area contributed by atoms with E-state index in [4.69, 9.17) is 4.74 Å². The lowest BCUT2D eigenvalue weighted by molar-refractivity contribution is -0.154. The first-order chi connectivity index (χ1) is 7.27. The lowest BCUT2D eigenvalue weighted by Crippen LogP contribution is -2.35. The molecule has 3 heteroatoms. The zero-order valence-electron chi connectivity index (χ0n) is 8.52. The van der Waals surface area contributed by atoms with Crippen LogP contribution in [0.1, 0.15) is 25.7 Å². The van der Waals surface area contributed by atoms with Gasteiger partial charge >= 0.3 is 11.9 Å². The summed E-state index contributed by atoms with van der Waals surface area (Å²) in [6.07, 6.45) is 8.63. The number of carbonyl (C=O) groups is 2. The van der Waals surface area contributed by atoms with Crippen LogP contribution in [0, 0.1) is 23.7 Å². The van der Waals surface area contributed by atoms with Crippen LogP contribution in [-0.2, 0) is 14.3 Å². The minimum Gasteiger partial charge on any atom is -0.393 e. The van der Waals surface area contributed by atoms with E-state index in [1.807, 2.05) is 0 Å². The number of esters is 2. The third kappa shape index (κ3) is 1.25. The van der Waals surface area contributed by atoms with Crippen molar-refractivity contribution in [2.75, 3.05) is 0 Å². The Labute approximate surface area is 88.5 Å². The Bertz CT molecular complexity index is 313. The second-order valence-corrected chi connectivity index (χ2v) is 4.79. The van der Waals surface area contributed by atoms with Crippen LogP contribution < -0.4 is 0 Å². The molecule has 0 saturated carbocycles. The van der Waals surface area contributed by atoms with E-state index in [-0.39, 0.29) is 35.6 Å². The first-order valence-electron chi connectivity index (χ1n) is 5.71. The van der Waals surface area contributed by atoms with Gasteiger partial charge in [-0.2, -0.15) is 0 Å². The molecule has 0 unspecified atom stereocenters. The van der Waals surface area contributed by atoms with Crippen LogP contribution in [0.2, 0.25) is 0 Å². The minimum atomic E-state index is -0.286. The summed E-state index contributed by atoms with van der Waals surface area (Å²) in [5, 5.41) is 0. The summed E-state index contributed by atoms with van der Waals surface area (Å²) in [5.74, 6) is -0.436. The van der Waals surface area contributed by atoms with E-state index in [2.05, 4.69) is 12.2 Å². The molecule has 1 fully saturated rings. The second kappa shape index (κ2) is 3.19. The number of hydrogen-bond donors (Lipinski definition) is 0. The van der Waals surface area contributed by atoms with Crippen molar-refractivity contribution in [1.82, 2.24) is 0 Å². The van der Waals surface area contributed by atoms with Crippen molar-refractivity contribution in [3.8, 4) is 0 Å². The number of fused-ring (bicyclic) bond motifs is 5. The van der Waals surface area contributed by atoms with Gasteiger partial charge < -0.3 is 4.74 Å². The first-order valence-corrected chi connectivity index (χ1v) is 5.71. The highest BCUT2D eigenvalue weighted by Gasteiger charge is 2.52. The Balaban J connectivity index is 2.02. The number of hydrogen-bond acceptors (Lipinski definition) is 3. The van der Waals surface area contributed by atoms with Crippen LogP contribution in [0.4, 0.5) is 0 Å². The van der Waals surface area contributed by atoms with Crippen molar-refractivity contribution in [2.24, 2.45) is 23.7 Å². The number of ether oxygens (including phenoxy) is 1. The van der Waals surface area contributed by atoms with Gasteiger partial charge in [-0.15, -0.1) is 0 Å². The van der Waals surface area contributed by atoms with Crippen LogP contribution in [0.15, 0.2) is 12.2 Å². The van der Waals surface area contributed by atoms with Crippen molar-refractivity contribution in [3.05, 3.63) is 12.2 Å². The van der Waals surface area contributed by atoms with Gasteiger partial charge in [-0.25, -0.2) is 0 Å². The maximum absolute atomic E-state index is 11.6. The normalized spacial score (nSPS) is 43.5. The predicted octanol–water partition coefficient (Wildman–Crippen LogP) is 1.68. The lowest BCUT2D eigenvalue weighted by atomic mass is 9.67. The first kappa shape index (κ1) is 9.13. The molecule has 2 bridgehead atoms. The molecule has 0 N–H and O–H groups in total. The summed E-state index contributed by atoms with van der Waals surface area (Å²) in [6.45, 7) is 0. The molecule has 0 radical (unpaired) electrons. The van der Waals surface area contributed by atoms with Gasteiger partial charge in [0.15, 0.2) is 0 Å². The number of carbonyl (C=O) groups excluding carboxylic acids is 2. The van der Waals surface area contributed by atoms with E-state index < -0.39 is 0 Å². The summed E-state index contributed by atoms with van der Waals surface area (Å²) in [6, 6.07) is 0. The molecule has 80 valence electrons. The van der Waals surface area contributed by atoms with Gasteiger partial charge in [0, 0.05) is 0 Å². The zero-order chi connectivity index (χ0) is 10.4. The molecule has 3 nitrogen and oxygen atoms in total. The molecular weight excluding hydrogens is 192 g/mol. The van der Waals surface area contributed by atoms with Crippen molar-refractivity contribution in [3.63, 3.8) is 0 Å². The average Bonchev–Trinajstić information content (AvgIpc) is 2.43. The topological polar surface area (TPSA) is 43.4 Å². The lowest BCUT2D eigenvalue weighted by Gasteiger charge is -2.33. The maximum Gasteiger partial charge on any atom is 0.318 e. The summed E-state index contributed by atoms with van der Waals surface area (Å²) in [5.41, 5.74) is 0. The SMILES string of the molecule is O=C1OC(=O)[C@H]2[C@H]1[C@H]1C=C[C@H]2CCCC1. The van der Waals surface area contributed by atoms with Crippen LogP contribution in [0.3, 0.4) is 0 Å². The van der Waals surface area contributed by atoms with Crippen molar-refractivity contribution in [1.29, 1.82) is 0 Å². The van der Waals surface area contributed by atoms with Crippen LogP contribution >= 0.6 is 0 Å². The molecule has 0 aromatic heterocycles. The zero-order valence-corrected chi connectivity index (χ0v) is 8.52. The highest BCUT2D eigenvalue weighted by molar-refractivity contribution is 5.97. The van der Waals surface area contributed by atoms with E-state index >= 15 is 0 Å². The standard InChI is InChI=1S/C12H14O3/c13-11-9-7-3-1-2-4-8(6-5-7)10(9)12(14)15-11/h5-10H,1-4H2/t7-,8-,9-,10-/m1/s1. The quantitative estimate of drug-likeness (QED) is 0.344. The van der Waals surface area contributed by atoms with E-state index in [9.17, 15) is 9.59 Å². The van der Waals surface area contributed by atoms with Gasteiger partial charge in [0.25, 0.3) is 0 Å². The smallest absolute Gasteiger partial charge is 0.318 e. The Morgan fingerprint density at radius 2 is 1.40 bits per heavy atom. The van der Waals surface area contributed by atoms with E-state index in [1.54, 1.807) is 0 Å². The number of allylic oxidation sites excluding steroid dienone is 2. The summed E-state index contributed by atoms with van der Waals surface area (Å²) >= 11 is 0. The molecule has 1 saturated heterocycles. The third-order valence-electron chi connectivity index (χ3n) is 3.99. The van der Waals surface area contributed by atoms with Crippen molar-refractivity contribution in [2.45, 2.75) is 25.7 Å². The second-order valence-electron chi connectivity index (χ2n) is 4.79. The van der Waals surface area contributed by atoms with Crippen molar-refractivity contribution < 1.29 is 14.3 Å². The van der Waals surface area contributed by atoms with Gasteiger partial charge in [0.1, 0.15) is 0 Å². The van der Waals surface area contributed by atoms with Crippen LogP contribution in [0.5, 0.6) is 0 Å². The minimum absolute atomic E-state index is 0.173. The summed E-state index contributed by atoms with van der Waals surface area (Å²) in [4.78, 5) is 23.2. The molecule has 0 aromatic rings. The Kier molecular flexibility index (Phi) is 1.94. The molecule has 4 atom stereocenters. The third-order valence-corrected chi connectivity index (χ3v) is 3.99. The van der Waals surface area contributed by atoms with Crippen molar-refractivity contribution >= 4 is 11.9 Å². The largest absolute Gasteiger partial charge is 0.393 e. The van der Waals surface area contributed by atoms with Crippen LogP contribution in [-0.4, -0.2) is 11.9 Å². The molecule has 0 aromatic carbocycles. The number of cyclic esters (lactones) is 2. The molecule has 2 aliphatic carbocycles. The van der Waals surface area contributed by atoms with Gasteiger partial charge in [-0.3, -0.25) is 9.59 Å². The van der Waals surface area contributed by atoms with E-state index in [1.165, 1.54) is 0 Å². The molecule has 15 heavy (non-hydrogen) atoms. The Morgan fingerprint density at radius 3 is 1.87 bits per heavy atom. The molecule has 1 heterocycles. The molecule has 0 spiro atoms.